The number of fused-ring (bicyclic) bond motifs is 1. The summed E-state index contributed by atoms with van der Waals surface area (Å²) in [4.78, 5) is 82.0. The molecule has 0 radical (unpaired) electrons. The Bertz CT molecular complexity index is 1470. The highest BCUT2D eigenvalue weighted by atomic mass is 16.7. The summed E-state index contributed by atoms with van der Waals surface area (Å²) in [6.45, 7) is 5.63. The van der Waals surface area contributed by atoms with Gasteiger partial charge in [0.15, 0.2) is 30.6 Å². The third-order valence-corrected chi connectivity index (χ3v) is 7.87. The van der Waals surface area contributed by atoms with Crippen LogP contribution in [0.2, 0.25) is 0 Å². The standard InChI is InChI=1S/C31H40N4O11/c1-6-42-31(41)20-13-15-35(16-14-20)30(40)28-26(44-18(3)37)25(43-17(2)36)27(45-19(4)38)29(46-28)33-24(39)12-11-23-32-21-9-7-8-10-22(21)34(23)5/h7-10,20,25-29H,6,11-16H2,1-5H3,(H,33,39). The van der Waals surface area contributed by atoms with Crippen LogP contribution >= 0.6 is 0 Å². The second-order valence-corrected chi connectivity index (χ2v) is 11.2. The van der Waals surface area contributed by atoms with E-state index < -0.39 is 60.4 Å². The second-order valence-electron chi connectivity index (χ2n) is 11.2. The topological polar surface area (TPSA) is 182 Å². The van der Waals surface area contributed by atoms with E-state index in [1.54, 1.807) is 6.92 Å². The van der Waals surface area contributed by atoms with Crippen LogP contribution in [0, 0.1) is 5.92 Å². The molecule has 2 fully saturated rings. The number of ether oxygens (including phenoxy) is 5. The number of nitrogens with one attached hydrogen (secondary N) is 1. The van der Waals surface area contributed by atoms with Gasteiger partial charge >= 0.3 is 23.9 Å². The Balaban J connectivity index is 1.57. The first-order valence-corrected chi connectivity index (χ1v) is 15.2. The molecule has 0 saturated carbocycles. The number of hydrogen-bond acceptors (Lipinski definition) is 12. The maximum atomic E-state index is 13.9. The summed E-state index contributed by atoms with van der Waals surface area (Å²) in [6.07, 6.45) is -6.63. The number of aromatic nitrogens is 2. The Morgan fingerprint density at radius 1 is 0.913 bits per heavy atom. The Labute approximate surface area is 265 Å². The average Bonchev–Trinajstić information content (AvgIpc) is 3.33. The van der Waals surface area contributed by atoms with Crippen LogP contribution in [0.25, 0.3) is 11.0 Å². The van der Waals surface area contributed by atoms with Gasteiger partial charge in [0.1, 0.15) is 5.82 Å². The van der Waals surface area contributed by atoms with E-state index in [2.05, 4.69) is 10.3 Å². The van der Waals surface area contributed by atoms with E-state index in [1.807, 2.05) is 35.9 Å². The quantitative estimate of drug-likeness (QED) is 0.286. The molecule has 0 spiro atoms. The van der Waals surface area contributed by atoms with Crippen molar-refractivity contribution in [2.45, 2.75) is 84.0 Å². The molecule has 250 valence electrons. The summed E-state index contributed by atoms with van der Waals surface area (Å²) >= 11 is 0. The van der Waals surface area contributed by atoms with Crippen LogP contribution in [0.5, 0.6) is 0 Å². The van der Waals surface area contributed by atoms with Crippen LogP contribution in [0.1, 0.15) is 52.8 Å². The van der Waals surface area contributed by atoms with Gasteiger partial charge in [-0.15, -0.1) is 0 Å². The van der Waals surface area contributed by atoms with Crippen molar-refractivity contribution >= 4 is 46.7 Å². The van der Waals surface area contributed by atoms with Gasteiger partial charge in [0.05, 0.1) is 23.6 Å². The Kier molecular flexibility index (Phi) is 11.3. The lowest BCUT2D eigenvalue weighted by molar-refractivity contribution is -0.250. The molecule has 3 heterocycles. The molecular weight excluding hydrogens is 604 g/mol. The van der Waals surface area contributed by atoms with Gasteiger partial charge in [-0.1, -0.05) is 12.1 Å². The van der Waals surface area contributed by atoms with Crippen LogP contribution in [0.15, 0.2) is 24.3 Å². The number of likely N-dealkylation sites (tertiary alicyclic amines) is 1. The molecule has 2 amide bonds. The van der Waals surface area contributed by atoms with E-state index in [-0.39, 0.29) is 44.4 Å². The molecule has 46 heavy (non-hydrogen) atoms. The normalized spacial score (nSPS) is 23.3. The maximum absolute atomic E-state index is 13.9. The monoisotopic (exact) mass is 644 g/mol. The highest BCUT2D eigenvalue weighted by molar-refractivity contribution is 5.84. The molecule has 2 aliphatic rings. The van der Waals surface area contributed by atoms with Gasteiger partial charge in [-0.3, -0.25) is 28.8 Å². The van der Waals surface area contributed by atoms with Crippen LogP contribution in [0.4, 0.5) is 0 Å². The third kappa shape index (κ3) is 8.19. The first-order valence-electron chi connectivity index (χ1n) is 15.2. The Morgan fingerprint density at radius 3 is 2.13 bits per heavy atom. The number of nitrogens with zero attached hydrogens (tertiary/aromatic N) is 3. The van der Waals surface area contributed by atoms with Gasteiger partial charge in [-0.05, 0) is 31.9 Å². The van der Waals surface area contributed by atoms with Gasteiger partial charge in [0.2, 0.25) is 5.91 Å². The summed E-state index contributed by atoms with van der Waals surface area (Å²) in [5.74, 6) is -3.63. The van der Waals surface area contributed by atoms with Gasteiger partial charge in [-0.2, -0.15) is 0 Å². The molecule has 4 rings (SSSR count). The number of carbonyl (C=O) groups excluding carboxylic acids is 6. The van der Waals surface area contributed by atoms with E-state index >= 15 is 0 Å². The fraction of sp³-hybridized carbons (Fsp3) is 0.581. The molecular formula is C31H40N4O11. The summed E-state index contributed by atoms with van der Waals surface area (Å²) in [7, 11) is 1.84. The third-order valence-electron chi connectivity index (χ3n) is 7.87. The molecule has 2 aromatic rings. The van der Waals surface area contributed by atoms with Crippen LogP contribution in [-0.2, 0) is 65.9 Å². The van der Waals surface area contributed by atoms with Gasteiger partial charge < -0.3 is 38.5 Å². The molecule has 5 atom stereocenters. The molecule has 0 bridgehead atoms. The first-order chi connectivity index (χ1) is 21.9. The second kappa shape index (κ2) is 15.2. The number of para-hydroxylation sites is 2. The molecule has 2 saturated heterocycles. The minimum Gasteiger partial charge on any atom is -0.466 e. The summed E-state index contributed by atoms with van der Waals surface area (Å²) in [5.41, 5.74) is 1.68. The first kappa shape index (κ1) is 34.3. The van der Waals surface area contributed by atoms with Crippen molar-refractivity contribution in [3.63, 3.8) is 0 Å². The Morgan fingerprint density at radius 2 is 1.52 bits per heavy atom. The van der Waals surface area contributed by atoms with Crippen LogP contribution in [0.3, 0.4) is 0 Å². The highest BCUT2D eigenvalue weighted by Crippen LogP contribution is 2.30. The number of hydrogen-bond donors (Lipinski definition) is 1. The fourth-order valence-corrected chi connectivity index (χ4v) is 5.78. The number of rotatable bonds is 10. The van der Waals surface area contributed by atoms with Crippen molar-refractivity contribution in [3.05, 3.63) is 30.1 Å². The molecule has 2 aliphatic heterocycles. The molecule has 5 unspecified atom stereocenters. The zero-order valence-corrected chi connectivity index (χ0v) is 26.6. The lowest BCUT2D eigenvalue weighted by Gasteiger charge is -2.45. The summed E-state index contributed by atoms with van der Waals surface area (Å²) in [5, 5.41) is 2.66. The molecule has 0 aliphatic carbocycles. The number of carbonyl (C=O) groups is 6. The highest BCUT2D eigenvalue weighted by Gasteiger charge is 2.55. The molecule has 15 heteroatoms. The molecule has 15 nitrogen and oxygen atoms in total. The van der Waals surface area contributed by atoms with Gasteiger partial charge in [0, 0.05) is 53.8 Å². The van der Waals surface area contributed by atoms with Crippen molar-refractivity contribution < 1.29 is 52.5 Å². The van der Waals surface area contributed by atoms with Gasteiger partial charge in [0.25, 0.3) is 5.91 Å². The van der Waals surface area contributed by atoms with E-state index in [0.717, 1.165) is 31.8 Å². The number of imidazole rings is 1. The number of piperidine rings is 1. The maximum Gasteiger partial charge on any atom is 0.309 e. The number of esters is 4. The predicted molar refractivity (Wildman–Crippen MR) is 158 cm³/mol. The zero-order chi connectivity index (χ0) is 33.5. The van der Waals surface area contributed by atoms with E-state index in [9.17, 15) is 28.8 Å². The average molecular weight is 645 g/mol. The predicted octanol–water partition coefficient (Wildman–Crippen LogP) is 0.944. The van der Waals surface area contributed by atoms with Crippen LogP contribution in [-0.4, -0.2) is 100 Å². The minimum atomic E-state index is -1.55. The van der Waals surface area contributed by atoms with Gasteiger partial charge in [-0.25, -0.2) is 4.98 Å². The SMILES string of the molecule is CCOC(=O)C1CCN(C(=O)C2OC(NC(=O)CCc3nc4ccccc4n3C)C(OC(C)=O)C(OC(C)=O)C2OC(C)=O)CC1. The molecule has 1 aromatic heterocycles. The lowest BCUT2D eigenvalue weighted by atomic mass is 9.93. The van der Waals surface area contributed by atoms with Crippen molar-refractivity contribution in [1.29, 1.82) is 0 Å². The summed E-state index contributed by atoms with van der Waals surface area (Å²) in [6, 6.07) is 7.53. The van der Waals surface area contributed by atoms with Crippen molar-refractivity contribution in [2.75, 3.05) is 19.7 Å². The van der Waals surface area contributed by atoms with E-state index in [4.69, 9.17) is 23.7 Å². The van der Waals surface area contributed by atoms with Crippen molar-refractivity contribution in [3.8, 4) is 0 Å². The Hall–Kier alpha value is -4.53. The van der Waals surface area contributed by atoms with E-state index in [0.29, 0.717) is 18.7 Å². The minimum absolute atomic E-state index is 0.0462. The van der Waals surface area contributed by atoms with Crippen molar-refractivity contribution in [1.82, 2.24) is 19.8 Å². The largest absolute Gasteiger partial charge is 0.466 e. The number of amides is 2. The number of aryl methyl sites for hydroxylation is 2. The van der Waals surface area contributed by atoms with Crippen molar-refractivity contribution in [2.24, 2.45) is 13.0 Å². The molecule has 1 aromatic carbocycles. The molecule has 1 N–H and O–H groups in total. The van der Waals surface area contributed by atoms with E-state index in [1.165, 1.54) is 4.90 Å². The zero-order valence-electron chi connectivity index (χ0n) is 26.6. The number of benzene rings is 1. The van der Waals surface area contributed by atoms with Crippen LogP contribution < -0.4 is 5.32 Å². The fourth-order valence-electron chi connectivity index (χ4n) is 5.78. The summed E-state index contributed by atoms with van der Waals surface area (Å²) < 4.78 is 29.4. The smallest absolute Gasteiger partial charge is 0.309 e. The lowest BCUT2D eigenvalue weighted by Crippen LogP contribution is -2.68.